The van der Waals surface area contributed by atoms with Crippen LogP contribution in [0.4, 0.5) is 11.5 Å². The molecule has 0 radical (unpaired) electrons. The lowest BCUT2D eigenvalue weighted by molar-refractivity contribution is -0.115. The topological polar surface area (TPSA) is 81.6 Å². The van der Waals surface area contributed by atoms with Gasteiger partial charge >= 0.3 is 0 Å². The standard InChI is InChI=1S/C26H25N5O2S/c32-26(16-19-4-2-1-3-5-19)28-22-9-6-20(7-10-22)21-8-11-23-24(17-21)29-25(18-27-23)30-12-14-31(34-33)15-13-30/h1-11,17-18,33H,12-16H2,(H,28,32). The average molecular weight is 472 g/mol. The number of fused-ring (bicyclic) bond motifs is 1. The number of benzene rings is 3. The maximum atomic E-state index is 12.3. The molecule has 0 spiro atoms. The molecule has 2 heterocycles. The highest BCUT2D eigenvalue weighted by Gasteiger charge is 2.18. The lowest BCUT2D eigenvalue weighted by Gasteiger charge is -2.32. The molecule has 4 aromatic rings. The van der Waals surface area contributed by atoms with Gasteiger partial charge in [0, 0.05) is 31.9 Å². The van der Waals surface area contributed by atoms with Crippen LogP contribution in [0.15, 0.2) is 79.0 Å². The van der Waals surface area contributed by atoms with E-state index in [-0.39, 0.29) is 5.91 Å². The molecular weight excluding hydrogens is 446 g/mol. The predicted molar refractivity (Wildman–Crippen MR) is 138 cm³/mol. The molecular formula is C26H25N5O2S. The fourth-order valence-corrected chi connectivity index (χ4v) is 4.39. The summed E-state index contributed by atoms with van der Waals surface area (Å²) in [5.74, 6) is 0.814. The van der Waals surface area contributed by atoms with Crippen molar-refractivity contribution in [2.45, 2.75) is 6.42 Å². The Morgan fingerprint density at radius 3 is 2.38 bits per heavy atom. The fourth-order valence-electron chi connectivity index (χ4n) is 4.06. The Balaban J connectivity index is 1.29. The van der Waals surface area contributed by atoms with E-state index in [9.17, 15) is 9.35 Å². The Bertz CT molecular complexity index is 1280. The molecule has 0 saturated carbocycles. The Morgan fingerprint density at radius 1 is 0.912 bits per heavy atom. The number of nitrogens with one attached hydrogen (secondary N) is 1. The molecule has 1 aliphatic rings. The van der Waals surface area contributed by atoms with E-state index in [0.29, 0.717) is 6.42 Å². The molecule has 1 fully saturated rings. The van der Waals surface area contributed by atoms with Gasteiger partial charge in [-0.05, 0) is 41.0 Å². The third-order valence-electron chi connectivity index (χ3n) is 5.92. The van der Waals surface area contributed by atoms with Gasteiger partial charge in [-0.2, -0.15) is 0 Å². The van der Waals surface area contributed by atoms with Crippen LogP contribution in [0.3, 0.4) is 0 Å². The van der Waals surface area contributed by atoms with Gasteiger partial charge in [-0.1, -0.05) is 48.5 Å². The van der Waals surface area contributed by atoms with Crippen LogP contribution in [-0.4, -0.2) is 50.9 Å². The maximum Gasteiger partial charge on any atom is 0.228 e. The monoisotopic (exact) mass is 471 g/mol. The zero-order valence-electron chi connectivity index (χ0n) is 18.6. The summed E-state index contributed by atoms with van der Waals surface area (Å²) in [5, 5.41) is 2.96. The second-order valence-corrected chi connectivity index (χ2v) is 8.90. The Hall–Kier alpha value is -3.46. The summed E-state index contributed by atoms with van der Waals surface area (Å²) in [6, 6.07) is 23.6. The molecule has 34 heavy (non-hydrogen) atoms. The minimum Gasteiger partial charge on any atom is -0.353 e. The number of nitrogens with zero attached hydrogens (tertiary/aromatic N) is 4. The highest BCUT2D eigenvalue weighted by molar-refractivity contribution is 7.91. The molecule has 1 saturated heterocycles. The van der Waals surface area contributed by atoms with Gasteiger partial charge in [0.05, 0.1) is 35.9 Å². The lowest BCUT2D eigenvalue weighted by atomic mass is 10.0. The molecule has 0 aliphatic carbocycles. The summed E-state index contributed by atoms with van der Waals surface area (Å²) in [7, 11) is 0. The SMILES string of the molecule is O=C(Cc1ccccc1)Nc1ccc(-c2ccc3ncc(N4CCN(SO)CC4)nc3c2)cc1. The molecule has 7 nitrogen and oxygen atoms in total. The zero-order chi connectivity index (χ0) is 23.3. The fraction of sp³-hybridized carbons (Fsp3) is 0.192. The number of anilines is 2. The molecule has 0 bridgehead atoms. The normalized spacial score (nSPS) is 14.3. The van der Waals surface area contributed by atoms with Crippen LogP contribution in [0, 0.1) is 0 Å². The quantitative estimate of drug-likeness (QED) is 0.311. The van der Waals surface area contributed by atoms with Crippen LogP contribution < -0.4 is 10.2 Å². The summed E-state index contributed by atoms with van der Waals surface area (Å²) in [5.41, 5.74) is 5.54. The molecule has 1 aliphatic heterocycles. The number of amides is 1. The van der Waals surface area contributed by atoms with Crippen LogP contribution in [0.2, 0.25) is 0 Å². The van der Waals surface area contributed by atoms with Crippen LogP contribution in [0.25, 0.3) is 22.2 Å². The summed E-state index contributed by atoms with van der Waals surface area (Å²) >= 11 is 0.797. The number of rotatable bonds is 6. The summed E-state index contributed by atoms with van der Waals surface area (Å²) < 4.78 is 11.2. The van der Waals surface area contributed by atoms with Crippen molar-refractivity contribution < 1.29 is 9.35 Å². The molecule has 0 atom stereocenters. The molecule has 0 unspecified atom stereocenters. The Morgan fingerprint density at radius 2 is 1.65 bits per heavy atom. The third kappa shape index (κ3) is 5.20. The lowest BCUT2D eigenvalue weighted by Crippen LogP contribution is -2.43. The molecule has 1 aromatic heterocycles. The molecule has 5 rings (SSSR count). The molecule has 172 valence electrons. The number of aromatic nitrogens is 2. The van der Waals surface area contributed by atoms with Gasteiger partial charge in [-0.3, -0.25) is 9.78 Å². The summed E-state index contributed by atoms with van der Waals surface area (Å²) in [6.45, 7) is 3.14. The van der Waals surface area contributed by atoms with Crippen molar-refractivity contribution in [3.8, 4) is 11.1 Å². The van der Waals surface area contributed by atoms with Crippen LogP contribution in [0.1, 0.15) is 5.56 Å². The van der Waals surface area contributed by atoms with Gasteiger partial charge in [-0.25, -0.2) is 9.29 Å². The minimum absolute atomic E-state index is 0.0362. The molecule has 8 heteroatoms. The average Bonchev–Trinajstić information content (AvgIpc) is 2.89. The van der Waals surface area contributed by atoms with Crippen molar-refractivity contribution in [3.05, 3.63) is 84.6 Å². The van der Waals surface area contributed by atoms with Crippen molar-refractivity contribution in [2.24, 2.45) is 0 Å². The van der Waals surface area contributed by atoms with Crippen LogP contribution >= 0.6 is 12.2 Å². The van der Waals surface area contributed by atoms with E-state index in [4.69, 9.17) is 4.98 Å². The van der Waals surface area contributed by atoms with E-state index < -0.39 is 0 Å². The number of hydrogen-bond acceptors (Lipinski definition) is 7. The zero-order valence-corrected chi connectivity index (χ0v) is 19.4. The second kappa shape index (κ2) is 10.2. The molecule has 1 amide bonds. The van der Waals surface area contributed by atoms with E-state index >= 15 is 0 Å². The van der Waals surface area contributed by atoms with E-state index in [1.54, 1.807) is 0 Å². The van der Waals surface area contributed by atoms with Crippen LogP contribution in [-0.2, 0) is 11.2 Å². The smallest absolute Gasteiger partial charge is 0.228 e. The Kier molecular flexibility index (Phi) is 6.71. The van der Waals surface area contributed by atoms with E-state index in [1.165, 1.54) is 0 Å². The summed E-state index contributed by atoms with van der Waals surface area (Å²) in [4.78, 5) is 24.0. The van der Waals surface area contributed by atoms with Gasteiger partial charge in [-0.15, -0.1) is 0 Å². The largest absolute Gasteiger partial charge is 0.353 e. The first-order valence-electron chi connectivity index (χ1n) is 11.2. The number of hydrogen-bond donors (Lipinski definition) is 2. The van der Waals surface area contributed by atoms with Crippen molar-refractivity contribution in [1.82, 2.24) is 14.3 Å². The molecule has 3 aromatic carbocycles. The molecule has 2 N–H and O–H groups in total. The first-order chi connectivity index (χ1) is 16.7. The van der Waals surface area contributed by atoms with Gasteiger partial charge in [0.15, 0.2) is 0 Å². The first-order valence-corrected chi connectivity index (χ1v) is 11.9. The van der Waals surface area contributed by atoms with Crippen molar-refractivity contribution in [1.29, 1.82) is 0 Å². The van der Waals surface area contributed by atoms with E-state index in [1.807, 2.05) is 77.2 Å². The third-order valence-corrected chi connectivity index (χ3v) is 6.51. The second-order valence-electron chi connectivity index (χ2n) is 8.22. The van der Waals surface area contributed by atoms with Gasteiger partial charge in [0.2, 0.25) is 5.91 Å². The van der Waals surface area contributed by atoms with Gasteiger partial charge in [0.25, 0.3) is 0 Å². The highest BCUT2D eigenvalue weighted by Crippen LogP contribution is 2.26. The Labute approximate surface area is 202 Å². The number of carbonyl (C=O) groups excluding carboxylic acids is 1. The number of piperazine rings is 1. The van der Waals surface area contributed by atoms with Crippen molar-refractivity contribution in [2.75, 3.05) is 36.4 Å². The van der Waals surface area contributed by atoms with Crippen LogP contribution in [0.5, 0.6) is 0 Å². The van der Waals surface area contributed by atoms with E-state index in [2.05, 4.69) is 21.3 Å². The summed E-state index contributed by atoms with van der Waals surface area (Å²) in [6.07, 6.45) is 2.17. The van der Waals surface area contributed by atoms with E-state index in [0.717, 1.165) is 77.6 Å². The van der Waals surface area contributed by atoms with Gasteiger partial charge in [0.1, 0.15) is 5.82 Å². The van der Waals surface area contributed by atoms with Gasteiger partial charge < -0.3 is 14.8 Å². The predicted octanol–water partition coefficient (Wildman–Crippen LogP) is 4.72. The maximum absolute atomic E-state index is 12.3. The first kappa shape index (κ1) is 22.3. The van der Waals surface area contributed by atoms with Crippen molar-refractivity contribution in [3.63, 3.8) is 0 Å². The highest BCUT2D eigenvalue weighted by atomic mass is 32.2. The van der Waals surface area contributed by atoms with Crippen molar-refractivity contribution >= 4 is 40.7 Å². The number of carbonyl (C=O) groups is 1. The minimum atomic E-state index is -0.0362.